The van der Waals surface area contributed by atoms with Gasteiger partial charge in [-0.2, -0.15) is 0 Å². The maximum absolute atomic E-state index is 12.9. The third-order valence-electron chi connectivity index (χ3n) is 13.7. The number of unbranched alkanes of at least 4 members (excludes halogenated alkanes) is 41. The van der Waals surface area contributed by atoms with Crippen LogP contribution in [0.3, 0.4) is 0 Å². The van der Waals surface area contributed by atoms with Crippen LogP contribution >= 0.6 is 0 Å². The standard InChI is InChI=1S/C62H116O6/c1-4-7-10-13-16-19-22-25-27-29-30-31-32-34-35-37-40-43-46-49-52-55-61(64)67-58-59(57-66-60(63)54-51-48-45-42-39-24-21-18-15-12-9-6-3)68-62(65)56-53-50-47-44-41-38-36-33-28-26-23-20-17-14-11-8-5-2/h18,21,29-30,59H,4-17,19-20,22-28,31-58H2,1-3H3/b21-18-,30-29-. The number of rotatable bonds is 56. The minimum Gasteiger partial charge on any atom is -0.462 e. The lowest BCUT2D eigenvalue weighted by Gasteiger charge is -2.18. The van der Waals surface area contributed by atoms with Gasteiger partial charge in [0, 0.05) is 19.3 Å². The summed E-state index contributed by atoms with van der Waals surface area (Å²) in [6.07, 6.45) is 67.5. The first kappa shape index (κ1) is 65.9. The number of carbonyl (C=O) groups is 3. The molecule has 0 aromatic heterocycles. The summed E-state index contributed by atoms with van der Waals surface area (Å²) in [5.41, 5.74) is 0. The van der Waals surface area contributed by atoms with Gasteiger partial charge in [-0.15, -0.1) is 0 Å². The average molecular weight is 958 g/mol. The van der Waals surface area contributed by atoms with Crippen molar-refractivity contribution in [3.8, 4) is 0 Å². The Morgan fingerprint density at radius 1 is 0.279 bits per heavy atom. The number of ether oxygens (including phenoxy) is 3. The first-order chi connectivity index (χ1) is 33.5. The Balaban J connectivity index is 4.27. The molecular weight excluding hydrogens is 841 g/mol. The van der Waals surface area contributed by atoms with Crippen LogP contribution in [0.4, 0.5) is 0 Å². The Bertz CT molecular complexity index is 1100. The van der Waals surface area contributed by atoms with Crippen molar-refractivity contribution >= 4 is 17.9 Å². The van der Waals surface area contributed by atoms with E-state index in [9.17, 15) is 14.4 Å². The van der Waals surface area contributed by atoms with Crippen molar-refractivity contribution < 1.29 is 28.6 Å². The number of hydrogen-bond acceptors (Lipinski definition) is 6. The topological polar surface area (TPSA) is 78.9 Å². The maximum Gasteiger partial charge on any atom is 0.306 e. The zero-order valence-corrected chi connectivity index (χ0v) is 45.9. The summed E-state index contributed by atoms with van der Waals surface area (Å²) in [5, 5.41) is 0. The molecule has 0 radical (unpaired) electrons. The summed E-state index contributed by atoms with van der Waals surface area (Å²) < 4.78 is 16.9. The molecule has 68 heavy (non-hydrogen) atoms. The second kappa shape index (κ2) is 57.5. The third-order valence-corrected chi connectivity index (χ3v) is 13.7. The maximum atomic E-state index is 12.9. The van der Waals surface area contributed by atoms with Gasteiger partial charge in [-0.05, 0) is 70.6 Å². The number of esters is 3. The molecule has 0 aromatic carbocycles. The molecule has 0 amide bonds. The van der Waals surface area contributed by atoms with E-state index in [0.29, 0.717) is 19.3 Å². The van der Waals surface area contributed by atoms with Gasteiger partial charge >= 0.3 is 17.9 Å². The Kier molecular flexibility index (Phi) is 55.7. The van der Waals surface area contributed by atoms with Crippen LogP contribution in [0.5, 0.6) is 0 Å². The van der Waals surface area contributed by atoms with Crippen LogP contribution in [0, 0.1) is 0 Å². The van der Waals surface area contributed by atoms with Crippen LogP contribution < -0.4 is 0 Å². The van der Waals surface area contributed by atoms with Crippen LogP contribution in [-0.4, -0.2) is 37.2 Å². The van der Waals surface area contributed by atoms with E-state index in [1.54, 1.807) is 0 Å². The van der Waals surface area contributed by atoms with Crippen molar-refractivity contribution in [1.82, 2.24) is 0 Å². The quantitative estimate of drug-likeness (QED) is 0.0262. The Morgan fingerprint density at radius 3 is 0.765 bits per heavy atom. The fourth-order valence-corrected chi connectivity index (χ4v) is 9.08. The molecule has 0 spiro atoms. The van der Waals surface area contributed by atoms with E-state index in [2.05, 4.69) is 45.1 Å². The van der Waals surface area contributed by atoms with E-state index in [1.807, 2.05) is 0 Å². The fourth-order valence-electron chi connectivity index (χ4n) is 9.08. The third kappa shape index (κ3) is 54.8. The molecule has 0 aliphatic carbocycles. The monoisotopic (exact) mass is 957 g/mol. The number of carbonyl (C=O) groups excluding carboxylic acids is 3. The molecule has 0 fully saturated rings. The lowest BCUT2D eigenvalue weighted by Crippen LogP contribution is -2.30. The highest BCUT2D eigenvalue weighted by molar-refractivity contribution is 5.71. The molecular formula is C62H116O6. The van der Waals surface area contributed by atoms with Gasteiger partial charge in [-0.1, -0.05) is 270 Å². The smallest absolute Gasteiger partial charge is 0.306 e. The van der Waals surface area contributed by atoms with Crippen molar-refractivity contribution in [2.24, 2.45) is 0 Å². The Morgan fingerprint density at radius 2 is 0.485 bits per heavy atom. The summed E-state index contributed by atoms with van der Waals surface area (Å²) in [5.74, 6) is -0.860. The molecule has 1 unspecified atom stereocenters. The van der Waals surface area contributed by atoms with Crippen LogP contribution in [-0.2, 0) is 28.6 Å². The lowest BCUT2D eigenvalue weighted by atomic mass is 10.0. The van der Waals surface area contributed by atoms with Gasteiger partial charge in [0.25, 0.3) is 0 Å². The van der Waals surface area contributed by atoms with Gasteiger partial charge in [0.05, 0.1) is 0 Å². The van der Waals surface area contributed by atoms with Crippen molar-refractivity contribution in [3.63, 3.8) is 0 Å². The molecule has 0 aromatic rings. The second-order valence-corrected chi connectivity index (χ2v) is 20.6. The van der Waals surface area contributed by atoms with E-state index < -0.39 is 6.10 Å². The molecule has 0 N–H and O–H groups in total. The largest absolute Gasteiger partial charge is 0.462 e. The van der Waals surface area contributed by atoms with Crippen molar-refractivity contribution in [1.29, 1.82) is 0 Å². The Labute approximate surface area is 423 Å². The Hall–Kier alpha value is -2.11. The number of allylic oxidation sites excluding steroid dienone is 4. The first-order valence-electron chi connectivity index (χ1n) is 30.3. The summed E-state index contributed by atoms with van der Waals surface area (Å²) in [4.78, 5) is 38.2. The van der Waals surface area contributed by atoms with Gasteiger partial charge in [0.2, 0.25) is 0 Å². The van der Waals surface area contributed by atoms with Gasteiger partial charge in [0.15, 0.2) is 6.10 Å². The molecule has 6 heteroatoms. The predicted octanol–water partition coefficient (Wildman–Crippen LogP) is 20.3. The molecule has 0 heterocycles. The van der Waals surface area contributed by atoms with E-state index in [4.69, 9.17) is 14.2 Å². The predicted molar refractivity (Wildman–Crippen MR) is 293 cm³/mol. The van der Waals surface area contributed by atoms with Crippen molar-refractivity contribution in [3.05, 3.63) is 24.3 Å². The molecule has 0 saturated carbocycles. The van der Waals surface area contributed by atoms with Crippen LogP contribution in [0.1, 0.15) is 335 Å². The minimum absolute atomic E-state index is 0.0704. The van der Waals surface area contributed by atoms with Gasteiger partial charge in [-0.25, -0.2) is 0 Å². The average Bonchev–Trinajstić information content (AvgIpc) is 3.34. The molecule has 0 bridgehead atoms. The second-order valence-electron chi connectivity index (χ2n) is 20.6. The van der Waals surface area contributed by atoms with Gasteiger partial charge in [0.1, 0.15) is 13.2 Å². The van der Waals surface area contributed by atoms with Gasteiger partial charge in [-0.3, -0.25) is 14.4 Å². The summed E-state index contributed by atoms with van der Waals surface area (Å²) in [7, 11) is 0. The zero-order chi connectivity index (χ0) is 49.3. The minimum atomic E-state index is -0.771. The van der Waals surface area contributed by atoms with E-state index in [0.717, 1.165) is 64.2 Å². The molecule has 0 saturated heterocycles. The SMILES string of the molecule is CCCCC/C=C\CCCCCCCC(=O)OCC(COC(=O)CCCCCCCCCCC/C=C\CCCCCCCCCC)OC(=O)CCCCCCCCCCCCCCCCCCC. The molecule has 6 nitrogen and oxygen atoms in total. The van der Waals surface area contributed by atoms with E-state index >= 15 is 0 Å². The molecule has 0 aliphatic heterocycles. The summed E-state index contributed by atoms with van der Waals surface area (Å²) in [6, 6.07) is 0. The number of hydrogen-bond donors (Lipinski definition) is 0. The molecule has 1 atom stereocenters. The lowest BCUT2D eigenvalue weighted by molar-refractivity contribution is -0.167. The van der Waals surface area contributed by atoms with Crippen molar-refractivity contribution in [2.45, 2.75) is 341 Å². The highest BCUT2D eigenvalue weighted by atomic mass is 16.6. The summed E-state index contributed by atoms with van der Waals surface area (Å²) >= 11 is 0. The van der Waals surface area contributed by atoms with Crippen LogP contribution in [0.2, 0.25) is 0 Å². The molecule has 0 rings (SSSR count). The van der Waals surface area contributed by atoms with E-state index in [-0.39, 0.29) is 31.1 Å². The van der Waals surface area contributed by atoms with Crippen LogP contribution in [0.25, 0.3) is 0 Å². The normalized spacial score (nSPS) is 12.1. The molecule has 400 valence electrons. The fraction of sp³-hybridized carbons (Fsp3) is 0.887. The van der Waals surface area contributed by atoms with Gasteiger partial charge < -0.3 is 14.2 Å². The zero-order valence-electron chi connectivity index (χ0n) is 45.9. The highest BCUT2D eigenvalue weighted by Crippen LogP contribution is 2.17. The highest BCUT2D eigenvalue weighted by Gasteiger charge is 2.19. The van der Waals surface area contributed by atoms with Crippen LogP contribution in [0.15, 0.2) is 24.3 Å². The summed E-state index contributed by atoms with van der Waals surface area (Å²) in [6.45, 7) is 6.66. The van der Waals surface area contributed by atoms with E-state index in [1.165, 1.54) is 231 Å². The molecule has 0 aliphatic rings. The first-order valence-corrected chi connectivity index (χ1v) is 30.3. The van der Waals surface area contributed by atoms with Crippen molar-refractivity contribution in [2.75, 3.05) is 13.2 Å².